The van der Waals surface area contributed by atoms with Gasteiger partial charge in [-0.25, -0.2) is 0 Å². The molecule has 0 unspecified atom stereocenters. The molecule has 3 N–H and O–H groups in total. The summed E-state index contributed by atoms with van der Waals surface area (Å²) in [7, 11) is 0. The van der Waals surface area contributed by atoms with Crippen LogP contribution in [0.4, 0.5) is 5.69 Å². The number of anilines is 1. The first-order chi connectivity index (χ1) is 12.9. The van der Waals surface area contributed by atoms with Crippen molar-refractivity contribution in [1.82, 2.24) is 10.6 Å². The smallest absolute Gasteiger partial charge is 0.255 e. The molecular formula is C21H25N3O3. The molecule has 0 aliphatic carbocycles. The van der Waals surface area contributed by atoms with Crippen molar-refractivity contribution in [2.45, 2.75) is 20.8 Å². The molecule has 0 radical (unpaired) electrons. The quantitative estimate of drug-likeness (QED) is 0.658. The first kappa shape index (κ1) is 20.2. The second-order valence-corrected chi connectivity index (χ2v) is 6.60. The predicted octanol–water partition coefficient (Wildman–Crippen LogP) is 2.75. The Labute approximate surface area is 159 Å². The van der Waals surface area contributed by atoms with E-state index in [0.717, 1.165) is 5.56 Å². The molecule has 2 aromatic rings. The van der Waals surface area contributed by atoms with E-state index in [1.165, 1.54) is 0 Å². The fraction of sp³-hybridized carbons (Fsp3) is 0.286. The topological polar surface area (TPSA) is 87.3 Å². The van der Waals surface area contributed by atoms with E-state index in [2.05, 4.69) is 16.0 Å². The lowest BCUT2D eigenvalue weighted by Crippen LogP contribution is -2.36. The third kappa shape index (κ3) is 6.26. The number of carbonyl (C=O) groups is 3. The number of nitrogens with one attached hydrogen (secondary N) is 3. The fourth-order valence-electron chi connectivity index (χ4n) is 2.28. The first-order valence-corrected chi connectivity index (χ1v) is 8.91. The van der Waals surface area contributed by atoms with Gasteiger partial charge in [0.05, 0.1) is 0 Å². The molecule has 0 aliphatic heterocycles. The predicted molar refractivity (Wildman–Crippen MR) is 106 cm³/mol. The van der Waals surface area contributed by atoms with Crippen molar-refractivity contribution in [2.24, 2.45) is 5.92 Å². The Morgan fingerprint density at radius 3 is 1.89 bits per heavy atom. The third-order valence-corrected chi connectivity index (χ3v) is 3.95. The van der Waals surface area contributed by atoms with Crippen molar-refractivity contribution in [3.8, 4) is 0 Å². The van der Waals surface area contributed by atoms with E-state index in [1.807, 2.05) is 32.9 Å². The van der Waals surface area contributed by atoms with Crippen LogP contribution in [0, 0.1) is 12.8 Å². The highest BCUT2D eigenvalue weighted by molar-refractivity contribution is 6.04. The maximum Gasteiger partial charge on any atom is 0.255 e. The van der Waals surface area contributed by atoms with Crippen LogP contribution in [0.25, 0.3) is 0 Å². The summed E-state index contributed by atoms with van der Waals surface area (Å²) in [5.41, 5.74) is 2.76. The van der Waals surface area contributed by atoms with Crippen LogP contribution in [0.15, 0.2) is 48.5 Å². The summed E-state index contributed by atoms with van der Waals surface area (Å²) < 4.78 is 0. The van der Waals surface area contributed by atoms with Crippen LogP contribution in [-0.4, -0.2) is 30.8 Å². The number of amides is 3. The molecule has 6 nitrogen and oxygen atoms in total. The van der Waals surface area contributed by atoms with Crippen molar-refractivity contribution < 1.29 is 14.4 Å². The molecule has 2 rings (SSSR count). The fourth-order valence-corrected chi connectivity index (χ4v) is 2.28. The minimum atomic E-state index is -0.231. The molecule has 0 aliphatic rings. The van der Waals surface area contributed by atoms with Crippen LogP contribution in [0.1, 0.15) is 40.1 Å². The van der Waals surface area contributed by atoms with Crippen molar-refractivity contribution in [2.75, 3.05) is 18.4 Å². The lowest BCUT2D eigenvalue weighted by Gasteiger charge is -2.09. The van der Waals surface area contributed by atoms with Gasteiger partial charge in [0.1, 0.15) is 0 Å². The molecule has 0 fully saturated rings. The van der Waals surface area contributed by atoms with Gasteiger partial charge in [-0.1, -0.05) is 31.5 Å². The normalized spacial score (nSPS) is 10.4. The average Bonchev–Trinajstić information content (AvgIpc) is 2.65. The highest BCUT2D eigenvalue weighted by atomic mass is 16.2. The van der Waals surface area contributed by atoms with Gasteiger partial charge in [0.2, 0.25) is 5.91 Å². The summed E-state index contributed by atoms with van der Waals surface area (Å²) in [5.74, 6) is -0.556. The van der Waals surface area contributed by atoms with Gasteiger partial charge in [0.25, 0.3) is 11.8 Å². The molecule has 0 aromatic heterocycles. The molecule has 27 heavy (non-hydrogen) atoms. The largest absolute Gasteiger partial charge is 0.354 e. The highest BCUT2D eigenvalue weighted by Gasteiger charge is 2.09. The second kappa shape index (κ2) is 9.52. The second-order valence-electron chi connectivity index (χ2n) is 6.60. The monoisotopic (exact) mass is 367 g/mol. The van der Waals surface area contributed by atoms with Crippen molar-refractivity contribution in [3.63, 3.8) is 0 Å². The Morgan fingerprint density at radius 2 is 1.30 bits per heavy atom. The minimum Gasteiger partial charge on any atom is -0.354 e. The molecule has 0 saturated heterocycles. The molecule has 3 amide bonds. The molecular weight excluding hydrogens is 342 g/mol. The van der Waals surface area contributed by atoms with Crippen LogP contribution >= 0.6 is 0 Å². The van der Waals surface area contributed by atoms with Gasteiger partial charge >= 0.3 is 0 Å². The lowest BCUT2D eigenvalue weighted by molar-refractivity contribution is -0.123. The maximum absolute atomic E-state index is 12.2. The third-order valence-electron chi connectivity index (χ3n) is 3.95. The van der Waals surface area contributed by atoms with Gasteiger partial charge < -0.3 is 16.0 Å². The first-order valence-electron chi connectivity index (χ1n) is 8.91. The van der Waals surface area contributed by atoms with E-state index in [0.29, 0.717) is 29.9 Å². The number of hydrogen-bond acceptors (Lipinski definition) is 3. The number of aryl methyl sites for hydroxylation is 1. The molecule has 0 spiro atoms. The zero-order chi connectivity index (χ0) is 19.8. The average molecular weight is 367 g/mol. The number of benzene rings is 2. The van der Waals surface area contributed by atoms with E-state index >= 15 is 0 Å². The summed E-state index contributed by atoms with van der Waals surface area (Å²) in [6.07, 6.45) is 0. The van der Waals surface area contributed by atoms with Gasteiger partial charge in [-0.05, 0) is 43.3 Å². The summed E-state index contributed by atoms with van der Waals surface area (Å²) >= 11 is 0. The van der Waals surface area contributed by atoms with E-state index < -0.39 is 0 Å². The Bertz CT molecular complexity index is 796. The Kier molecular flexibility index (Phi) is 7.11. The summed E-state index contributed by atoms with van der Waals surface area (Å²) in [6, 6.07) is 14.0. The molecule has 0 bridgehead atoms. The standard InChI is InChI=1S/C21H25N3O3/c1-14(2)19(25)22-12-13-23-20(26)16-8-10-18(11-9-16)24-21(27)17-6-4-15(3)5-7-17/h4-11,14H,12-13H2,1-3H3,(H,22,25)(H,23,26)(H,24,27). The van der Waals surface area contributed by atoms with E-state index in [1.54, 1.807) is 36.4 Å². The Morgan fingerprint density at radius 1 is 0.778 bits per heavy atom. The number of carbonyl (C=O) groups excluding carboxylic acids is 3. The molecule has 0 atom stereocenters. The Balaban J connectivity index is 1.83. The summed E-state index contributed by atoms with van der Waals surface area (Å²) in [6.45, 7) is 6.32. The van der Waals surface area contributed by atoms with Crippen molar-refractivity contribution in [1.29, 1.82) is 0 Å². The highest BCUT2D eigenvalue weighted by Crippen LogP contribution is 2.12. The molecule has 6 heteroatoms. The van der Waals surface area contributed by atoms with Gasteiger partial charge in [-0.3, -0.25) is 14.4 Å². The van der Waals surface area contributed by atoms with Crippen LogP contribution in [-0.2, 0) is 4.79 Å². The maximum atomic E-state index is 12.2. The van der Waals surface area contributed by atoms with E-state index in [-0.39, 0.29) is 23.6 Å². The van der Waals surface area contributed by atoms with Crippen LogP contribution < -0.4 is 16.0 Å². The van der Waals surface area contributed by atoms with E-state index in [9.17, 15) is 14.4 Å². The van der Waals surface area contributed by atoms with Gasteiger partial charge in [-0.15, -0.1) is 0 Å². The van der Waals surface area contributed by atoms with Gasteiger partial charge in [-0.2, -0.15) is 0 Å². The van der Waals surface area contributed by atoms with Crippen molar-refractivity contribution in [3.05, 3.63) is 65.2 Å². The SMILES string of the molecule is Cc1ccc(C(=O)Nc2ccc(C(=O)NCCNC(=O)C(C)C)cc2)cc1. The van der Waals surface area contributed by atoms with Crippen LogP contribution in [0.2, 0.25) is 0 Å². The summed E-state index contributed by atoms with van der Waals surface area (Å²) in [4.78, 5) is 35.7. The zero-order valence-electron chi connectivity index (χ0n) is 15.8. The zero-order valence-corrected chi connectivity index (χ0v) is 15.8. The number of rotatable bonds is 7. The summed E-state index contributed by atoms with van der Waals surface area (Å²) in [5, 5.41) is 8.28. The van der Waals surface area contributed by atoms with Crippen LogP contribution in [0.3, 0.4) is 0 Å². The molecule has 0 heterocycles. The number of hydrogen-bond donors (Lipinski definition) is 3. The Hall–Kier alpha value is -3.15. The molecule has 0 saturated carbocycles. The van der Waals surface area contributed by atoms with Gasteiger partial charge in [0.15, 0.2) is 0 Å². The van der Waals surface area contributed by atoms with Crippen molar-refractivity contribution >= 4 is 23.4 Å². The molecule has 2 aromatic carbocycles. The van der Waals surface area contributed by atoms with Crippen LogP contribution in [0.5, 0.6) is 0 Å². The van der Waals surface area contributed by atoms with E-state index in [4.69, 9.17) is 0 Å². The molecule has 142 valence electrons. The minimum absolute atomic E-state index is 0.0436. The lowest BCUT2D eigenvalue weighted by atomic mass is 10.1. The van der Waals surface area contributed by atoms with Gasteiger partial charge in [0, 0.05) is 35.8 Å².